The molecule has 0 aromatic heterocycles. The zero-order valence-corrected chi connectivity index (χ0v) is 19.6. The Morgan fingerprint density at radius 1 is 1.03 bits per heavy atom. The van der Waals surface area contributed by atoms with Crippen LogP contribution >= 0.6 is 7.60 Å². The van der Waals surface area contributed by atoms with E-state index in [1.165, 1.54) is 4.90 Å². The van der Waals surface area contributed by atoms with E-state index >= 15 is 0 Å². The maximum atomic E-state index is 13.2. The minimum Gasteiger partial charge on any atom is -0.465 e. The van der Waals surface area contributed by atoms with E-state index in [1.807, 2.05) is 30.3 Å². The van der Waals surface area contributed by atoms with Crippen molar-refractivity contribution in [1.29, 1.82) is 0 Å². The van der Waals surface area contributed by atoms with E-state index < -0.39 is 37.1 Å². The van der Waals surface area contributed by atoms with Crippen molar-refractivity contribution in [2.45, 2.75) is 46.6 Å². The Labute approximate surface area is 183 Å². The Bertz CT molecular complexity index is 812. The number of esters is 1. The topological polar surface area (TPSA) is 99.2 Å². The Hall–Kier alpha value is -2.02. The van der Waals surface area contributed by atoms with E-state index in [9.17, 15) is 18.9 Å². The molecule has 1 fully saturated rings. The van der Waals surface area contributed by atoms with Gasteiger partial charge in [-0.2, -0.15) is 0 Å². The van der Waals surface area contributed by atoms with Crippen LogP contribution < -0.4 is 0 Å². The third-order valence-corrected chi connectivity index (χ3v) is 7.28. The van der Waals surface area contributed by atoms with Crippen molar-refractivity contribution in [3.8, 4) is 0 Å². The molecule has 1 aromatic carbocycles. The molecule has 0 N–H and O–H groups in total. The molecular formula is C22H32NO7P. The molecule has 0 saturated heterocycles. The number of amides is 1. The van der Waals surface area contributed by atoms with E-state index in [-0.39, 0.29) is 32.1 Å². The molecule has 1 atom stereocenters. The third kappa shape index (κ3) is 6.25. The summed E-state index contributed by atoms with van der Waals surface area (Å²) in [6.45, 7) is 6.96. The van der Waals surface area contributed by atoms with E-state index in [0.29, 0.717) is 12.8 Å². The fourth-order valence-electron chi connectivity index (χ4n) is 3.43. The zero-order valence-electron chi connectivity index (χ0n) is 18.7. The molecule has 1 amide bonds. The number of ketones is 1. The van der Waals surface area contributed by atoms with Gasteiger partial charge in [-0.1, -0.05) is 30.3 Å². The SMILES string of the molecule is CCOC(=O)C1(C(=O)CN(C(=O)CP(=O)(OCC)OCC)C(C)c2ccccc2)CC1. The molecule has 1 aliphatic carbocycles. The lowest BCUT2D eigenvalue weighted by atomic mass is 9.99. The first-order chi connectivity index (χ1) is 14.7. The van der Waals surface area contributed by atoms with Gasteiger partial charge in [-0.15, -0.1) is 0 Å². The van der Waals surface area contributed by atoms with Crippen molar-refractivity contribution in [2.24, 2.45) is 5.41 Å². The lowest BCUT2D eigenvalue weighted by Gasteiger charge is -2.31. The third-order valence-electron chi connectivity index (χ3n) is 5.31. The molecule has 8 nitrogen and oxygen atoms in total. The summed E-state index contributed by atoms with van der Waals surface area (Å²) in [6, 6.07) is 8.74. The average Bonchev–Trinajstić information content (AvgIpc) is 3.54. The lowest BCUT2D eigenvalue weighted by Crippen LogP contribution is -2.43. The van der Waals surface area contributed by atoms with Gasteiger partial charge in [0.25, 0.3) is 0 Å². The monoisotopic (exact) mass is 453 g/mol. The van der Waals surface area contributed by atoms with Crippen molar-refractivity contribution in [3.05, 3.63) is 35.9 Å². The van der Waals surface area contributed by atoms with Crippen LogP contribution in [-0.2, 0) is 32.7 Å². The van der Waals surface area contributed by atoms with Crippen molar-refractivity contribution in [3.63, 3.8) is 0 Å². The van der Waals surface area contributed by atoms with Gasteiger partial charge in [0.15, 0.2) is 5.78 Å². The minimum absolute atomic E-state index is 0.129. The molecule has 31 heavy (non-hydrogen) atoms. The van der Waals surface area contributed by atoms with Gasteiger partial charge in [-0.05, 0) is 46.1 Å². The molecule has 1 aromatic rings. The van der Waals surface area contributed by atoms with Crippen LogP contribution in [0.3, 0.4) is 0 Å². The van der Waals surface area contributed by atoms with Crippen molar-refractivity contribution in [2.75, 3.05) is 32.5 Å². The smallest absolute Gasteiger partial charge is 0.340 e. The molecule has 1 unspecified atom stereocenters. The summed E-state index contributed by atoms with van der Waals surface area (Å²) in [5, 5.41) is 0. The fourth-order valence-corrected chi connectivity index (χ4v) is 4.98. The maximum absolute atomic E-state index is 13.2. The van der Waals surface area contributed by atoms with Crippen LogP contribution in [-0.4, -0.2) is 55.1 Å². The Kier molecular flexibility index (Phi) is 8.98. The van der Waals surface area contributed by atoms with Gasteiger partial charge in [-0.3, -0.25) is 18.9 Å². The summed E-state index contributed by atoms with van der Waals surface area (Å²) in [6.07, 6.45) is 0.330. The molecule has 0 radical (unpaired) electrons. The average molecular weight is 453 g/mol. The lowest BCUT2D eigenvalue weighted by molar-refractivity contribution is -0.155. The summed E-state index contributed by atoms with van der Waals surface area (Å²) >= 11 is 0. The number of Topliss-reactive ketones (excluding diaryl/α,β-unsaturated/α-hetero) is 1. The predicted octanol–water partition coefficient (Wildman–Crippen LogP) is 3.75. The molecule has 1 saturated carbocycles. The van der Waals surface area contributed by atoms with E-state index in [4.69, 9.17) is 13.8 Å². The summed E-state index contributed by atoms with van der Waals surface area (Å²) < 4.78 is 28.5. The minimum atomic E-state index is -3.65. The van der Waals surface area contributed by atoms with Crippen molar-refractivity contribution in [1.82, 2.24) is 4.90 Å². The number of nitrogens with zero attached hydrogens (tertiary/aromatic N) is 1. The molecule has 0 spiro atoms. The first kappa shape index (κ1) is 25.2. The second-order valence-corrected chi connectivity index (χ2v) is 9.49. The van der Waals surface area contributed by atoms with Crippen LogP contribution in [0.5, 0.6) is 0 Å². The van der Waals surface area contributed by atoms with Gasteiger partial charge in [-0.25, -0.2) is 0 Å². The quantitative estimate of drug-likeness (QED) is 0.255. The van der Waals surface area contributed by atoms with Gasteiger partial charge in [0.05, 0.1) is 32.4 Å². The summed E-state index contributed by atoms with van der Waals surface area (Å²) in [4.78, 5) is 40.0. The molecule has 0 aliphatic heterocycles. The van der Waals surface area contributed by atoms with E-state index in [1.54, 1.807) is 27.7 Å². The van der Waals surface area contributed by atoms with Gasteiger partial charge in [0, 0.05) is 0 Å². The van der Waals surface area contributed by atoms with Crippen LogP contribution in [0, 0.1) is 5.41 Å². The molecule has 0 bridgehead atoms. The normalized spacial score (nSPS) is 15.7. The molecule has 1 aliphatic rings. The number of hydrogen-bond acceptors (Lipinski definition) is 7. The highest BCUT2D eigenvalue weighted by atomic mass is 31.2. The predicted molar refractivity (Wildman–Crippen MR) is 116 cm³/mol. The number of carbonyl (C=O) groups is 3. The van der Waals surface area contributed by atoms with Crippen LogP contribution in [0.1, 0.15) is 52.1 Å². The van der Waals surface area contributed by atoms with Gasteiger partial charge >= 0.3 is 13.6 Å². The number of rotatable bonds is 13. The van der Waals surface area contributed by atoms with Crippen molar-refractivity contribution < 1.29 is 32.7 Å². The second kappa shape index (κ2) is 11.0. The van der Waals surface area contributed by atoms with Gasteiger partial charge in [0.2, 0.25) is 5.91 Å². The first-order valence-electron chi connectivity index (χ1n) is 10.7. The molecule has 9 heteroatoms. The summed E-state index contributed by atoms with van der Waals surface area (Å²) in [7, 11) is -3.65. The molecular weight excluding hydrogens is 421 g/mol. The largest absolute Gasteiger partial charge is 0.465 e. The highest BCUT2D eigenvalue weighted by Crippen LogP contribution is 2.50. The van der Waals surface area contributed by atoms with E-state index in [2.05, 4.69) is 0 Å². The molecule has 2 rings (SSSR count). The molecule has 172 valence electrons. The van der Waals surface area contributed by atoms with Gasteiger partial charge < -0.3 is 18.7 Å². The highest BCUT2D eigenvalue weighted by molar-refractivity contribution is 7.54. The maximum Gasteiger partial charge on any atom is 0.340 e. The van der Waals surface area contributed by atoms with Crippen LogP contribution in [0.15, 0.2) is 30.3 Å². The Morgan fingerprint density at radius 3 is 2.10 bits per heavy atom. The van der Waals surface area contributed by atoms with Gasteiger partial charge in [0.1, 0.15) is 11.6 Å². The number of benzene rings is 1. The van der Waals surface area contributed by atoms with Crippen LogP contribution in [0.25, 0.3) is 0 Å². The fraction of sp³-hybridized carbons (Fsp3) is 0.591. The summed E-state index contributed by atoms with van der Waals surface area (Å²) in [5.74, 6) is -1.45. The van der Waals surface area contributed by atoms with E-state index in [0.717, 1.165) is 5.56 Å². The summed E-state index contributed by atoms with van der Waals surface area (Å²) in [5.41, 5.74) is -0.374. The number of hydrogen-bond donors (Lipinski definition) is 0. The molecule has 0 heterocycles. The number of ether oxygens (including phenoxy) is 1. The Morgan fingerprint density at radius 2 is 1.61 bits per heavy atom. The number of carbonyl (C=O) groups excluding carboxylic acids is 3. The van der Waals surface area contributed by atoms with Crippen LogP contribution in [0.2, 0.25) is 0 Å². The standard InChI is InChI=1S/C22H32NO7P/c1-5-28-21(26)22(13-14-22)19(24)15-23(17(4)18-11-9-8-10-12-18)20(25)16-31(27,29-6-2)30-7-3/h8-12,17H,5-7,13-16H2,1-4H3. The Balaban J connectivity index is 2.28. The highest BCUT2D eigenvalue weighted by Gasteiger charge is 2.57. The van der Waals surface area contributed by atoms with Crippen LogP contribution in [0.4, 0.5) is 0 Å². The second-order valence-electron chi connectivity index (χ2n) is 7.44. The van der Waals surface area contributed by atoms with Crippen molar-refractivity contribution >= 4 is 25.3 Å². The first-order valence-corrected chi connectivity index (χ1v) is 12.4. The zero-order chi connectivity index (χ0) is 23.1.